The monoisotopic (exact) mass is 894 g/mol. The summed E-state index contributed by atoms with van der Waals surface area (Å²) in [4.78, 5) is 11.0. The number of nitrogens with zero attached hydrogens (tertiary/aromatic N) is 2. The quantitative estimate of drug-likeness (QED) is 0.176. The van der Waals surface area contributed by atoms with Crippen molar-refractivity contribution >= 4 is 128 Å². The first-order valence-corrected chi connectivity index (χ1v) is 24.8. The van der Waals surface area contributed by atoms with Gasteiger partial charge in [-0.25, -0.2) is 9.97 Å². The summed E-state index contributed by atoms with van der Waals surface area (Å²) in [5.74, 6) is 0. The van der Waals surface area contributed by atoms with Crippen molar-refractivity contribution in [3.63, 3.8) is 0 Å². The van der Waals surface area contributed by atoms with Crippen molar-refractivity contribution in [3.05, 3.63) is 205 Å². The lowest BCUT2D eigenvalue weighted by atomic mass is 10.0. The van der Waals surface area contributed by atoms with Gasteiger partial charge in [0.1, 0.15) is 0 Å². The summed E-state index contributed by atoms with van der Waals surface area (Å²) in [6, 6.07) is 65.6. The maximum absolute atomic E-state index is 5.48. The Hall–Kier alpha value is -6.58. The van der Waals surface area contributed by atoms with E-state index in [1.807, 2.05) is 56.7 Å². The number of thiophene rings is 5. The Bertz CT molecular complexity index is 3470. The summed E-state index contributed by atoms with van der Waals surface area (Å²) < 4.78 is 12.2. The molecule has 0 spiro atoms. The Kier molecular flexibility index (Phi) is 9.85. The van der Waals surface area contributed by atoms with Crippen LogP contribution in [-0.2, 0) is 0 Å². The average molecular weight is 895 g/mol. The molecule has 63 heavy (non-hydrogen) atoms. The molecule has 4 aromatic carbocycles. The van der Waals surface area contributed by atoms with Gasteiger partial charge in [-0.05, 0) is 107 Å². The topological polar surface area (TPSA) is 25.8 Å². The smallest absolute Gasteiger partial charge is 0.0730 e. The predicted molar refractivity (Wildman–Crippen MR) is 280 cm³/mol. The van der Waals surface area contributed by atoms with E-state index < -0.39 is 0 Å². The average Bonchev–Trinajstić information content (AvgIpc) is 4.19. The Morgan fingerprint density at radius 3 is 0.619 bits per heavy atom. The van der Waals surface area contributed by atoms with E-state index in [1.165, 1.54) is 47.0 Å². The van der Waals surface area contributed by atoms with E-state index in [-0.39, 0.29) is 0 Å². The third-order valence-electron chi connectivity index (χ3n) is 11.3. The molecular formula is C56H34N2S5. The largest absolute Gasteiger partial charge is 0.248 e. The van der Waals surface area contributed by atoms with Crippen LogP contribution in [0.3, 0.4) is 0 Å². The molecule has 7 heteroatoms. The fraction of sp³-hybridized carbons (Fsp3) is 0. The maximum atomic E-state index is 5.48. The van der Waals surface area contributed by atoms with Crippen molar-refractivity contribution in [1.82, 2.24) is 9.97 Å². The van der Waals surface area contributed by atoms with Crippen LogP contribution >= 0.6 is 56.7 Å². The molecule has 0 radical (unpaired) electrons. The minimum Gasteiger partial charge on any atom is -0.248 e. The number of fused-ring (bicyclic) bond motifs is 17. The zero-order chi connectivity index (χ0) is 41.7. The van der Waals surface area contributed by atoms with Gasteiger partial charge >= 0.3 is 0 Å². The minimum atomic E-state index is 0.967. The Labute approximate surface area is 384 Å². The van der Waals surface area contributed by atoms with Crippen molar-refractivity contribution < 1.29 is 0 Å². The van der Waals surface area contributed by atoms with Crippen LogP contribution in [0.4, 0.5) is 0 Å². The van der Waals surface area contributed by atoms with Crippen LogP contribution in [0.2, 0.25) is 0 Å². The molecule has 6 aromatic heterocycles. The second-order valence-electron chi connectivity index (χ2n) is 15.2. The number of aromatic nitrogens is 2. The van der Waals surface area contributed by atoms with E-state index in [9.17, 15) is 0 Å². The number of rotatable bonds is 4. The molecular weight excluding hydrogens is 861 g/mol. The van der Waals surface area contributed by atoms with Gasteiger partial charge in [0.25, 0.3) is 0 Å². The van der Waals surface area contributed by atoms with Crippen LogP contribution in [-0.4, -0.2) is 9.97 Å². The molecule has 0 unspecified atom stereocenters. The molecule has 8 heterocycles. The van der Waals surface area contributed by atoms with E-state index in [2.05, 4.69) is 206 Å². The van der Waals surface area contributed by atoms with Gasteiger partial charge in [0.2, 0.25) is 0 Å². The van der Waals surface area contributed by atoms with Crippen molar-refractivity contribution in [2.45, 2.75) is 0 Å². The van der Waals surface area contributed by atoms with Gasteiger partial charge in [0, 0.05) is 69.3 Å². The fourth-order valence-corrected chi connectivity index (χ4v) is 14.0. The molecule has 0 amide bonds. The first-order valence-electron chi connectivity index (χ1n) is 20.7. The summed E-state index contributed by atoms with van der Waals surface area (Å²) in [5.41, 5.74) is 13.1. The molecule has 298 valence electrons. The third kappa shape index (κ3) is 7.18. The standard InChI is InChI=1S/C56H34N2S5/c1-5-13-35(14-6-1)53-39-21-23-41(57-39)55(37-17-9-3-10-18-37)51-33-29-47(62-51)48-30-34-52(63-48)56(38-19-11-4-12-20-38)42-24-22-40(58-42)54(36-15-7-2-8-16-36)50-32-28-46(61-50)44-26-25-43(59-44)45-27-31-49(53)60-45/h1-34H. The van der Waals surface area contributed by atoms with Crippen LogP contribution in [0.5, 0.6) is 0 Å². The molecule has 0 aliphatic carbocycles. The van der Waals surface area contributed by atoms with Crippen LogP contribution in [0.15, 0.2) is 182 Å². The van der Waals surface area contributed by atoms with Gasteiger partial charge < -0.3 is 0 Å². The molecule has 12 rings (SSSR count). The molecule has 2 aliphatic heterocycles. The molecule has 0 saturated heterocycles. The second kappa shape index (κ2) is 16.3. The summed E-state index contributed by atoms with van der Waals surface area (Å²) in [7, 11) is 0. The van der Waals surface area contributed by atoms with Crippen LogP contribution in [0, 0.1) is 0 Å². The van der Waals surface area contributed by atoms with Crippen molar-refractivity contribution in [3.8, 4) is 44.5 Å². The van der Waals surface area contributed by atoms with Crippen LogP contribution in [0.1, 0.15) is 22.8 Å². The summed E-state index contributed by atoms with van der Waals surface area (Å²) in [6.07, 6.45) is 8.80. The highest BCUT2D eigenvalue weighted by Crippen LogP contribution is 2.43. The lowest BCUT2D eigenvalue weighted by molar-refractivity contribution is 1.33. The van der Waals surface area contributed by atoms with Gasteiger partial charge in [0.05, 0.1) is 22.8 Å². The van der Waals surface area contributed by atoms with Gasteiger partial charge in [-0.1, -0.05) is 121 Å². The lowest BCUT2D eigenvalue weighted by Crippen LogP contribution is -1.85. The van der Waals surface area contributed by atoms with Gasteiger partial charge in [0.15, 0.2) is 0 Å². The zero-order valence-electron chi connectivity index (χ0n) is 33.6. The molecule has 0 atom stereocenters. The highest BCUT2D eigenvalue weighted by Gasteiger charge is 2.18. The lowest BCUT2D eigenvalue weighted by Gasteiger charge is -2.04. The van der Waals surface area contributed by atoms with Crippen molar-refractivity contribution in [2.75, 3.05) is 0 Å². The van der Waals surface area contributed by atoms with E-state index in [0.29, 0.717) is 0 Å². The van der Waals surface area contributed by atoms with Gasteiger partial charge in [-0.3, -0.25) is 0 Å². The Morgan fingerprint density at radius 1 is 0.206 bits per heavy atom. The number of hydrogen-bond donors (Lipinski definition) is 0. The van der Waals surface area contributed by atoms with Gasteiger partial charge in [-0.2, -0.15) is 0 Å². The van der Waals surface area contributed by atoms with Crippen LogP contribution in [0.25, 0.3) is 116 Å². The fourth-order valence-electron chi connectivity index (χ4n) is 8.39. The van der Waals surface area contributed by atoms with Crippen LogP contribution < -0.4 is 0 Å². The molecule has 0 fully saturated rings. The SMILES string of the molecule is C1=Cc2nc1c(-c1ccccc1)c1ccc(s1)c1ccc(s1)c(-c1ccccc1)c1nc(c(-c3ccccc3)c3ccc(s3)c3ccc(s3)c3ccc(s3)c2-c2ccccc2)C=C1. The van der Waals surface area contributed by atoms with Gasteiger partial charge in [-0.15, -0.1) is 56.7 Å². The van der Waals surface area contributed by atoms with Crippen molar-refractivity contribution in [1.29, 1.82) is 0 Å². The second-order valence-corrected chi connectivity index (χ2v) is 20.6. The maximum Gasteiger partial charge on any atom is 0.0730 e. The minimum absolute atomic E-state index is 0.967. The Balaban J connectivity index is 1.21. The Morgan fingerprint density at radius 2 is 0.397 bits per heavy atom. The molecule has 14 bridgehead atoms. The predicted octanol–water partition coefficient (Wildman–Crippen LogP) is 18.1. The van der Waals surface area contributed by atoms with E-state index in [1.54, 1.807) is 0 Å². The normalized spacial score (nSPS) is 12.0. The van der Waals surface area contributed by atoms with Crippen molar-refractivity contribution in [2.24, 2.45) is 0 Å². The van der Waals surface area contributed by atoms with E-state index in [4.69, 9.17) is 9.97 Å². The summed E-state index contributed by atoms with van der Waals surface area (Å²) >= 11 is 9.17. The summed E-state index contributed by atoms with van der Waals surface area (Å²) in [5, 5.41) is 0. The zero-order valence-corrected chi connectivity index (χ0v) is 37.6. The highest BCUT2D eigenvalue weighted by molar-refractivity contribution is 7.34. The highest BCUT2D eigenvalue weighted by atomic mass is 32.1. The first-order chi connectivity index (χ1) is 31.2. The molecule has 0 saturated carbocycles. The molecule has 2 nitrogen and oxygen atoms in total. The first kappa shape index (κ1) is 38.1. The number of hydrogen-bond acceptors (Lipinski definition) is 7. The molecule has 0 N–H and O–H groups in total. The van der Waals surface area contributed by atoms with E-state index >= 15 is 0 Å². The third-order valence-corrected chi connectivity index (χ3v) is 17.4. The molecule has 2 aliphatic rings. The molecule has 10 aromatic rings. The summed E-state index contributed by atoms with van der Waals surface area (Å²) in [6.45, 7) is 0. The van der Waals surface area contributed by atoms with E-state index in [0.717, 1.165) is 67.3 Å². The number of benzene rings is 4.